The quantitative estimate of drug-likeness (QED) is 0.197. The average Bonchev–Trinajstić information content (AvgIpc) is 3.53. The zero-order chi connectivity index (χ0) is 33.1. The fraction of sp³-hybridized carbons (Fsp3) is 0.360. The van der Waals surface area contributed by atoms with Crippen molar-refractivity contribution in [1.29, 1.82) is 0 Å². The summed E-state index contributed by atoms with van der Waals surface area (Å²) in [6, 6.07) is 3.81. The van der Waals surface area contributed by atoms with Crippen LogP contribution in [0.25, 0.3) is 17.2 Å². The van der Waals surface area contributed by atoms with E-state index in [9.17, 15) is 50.1 Å². The van der Waals surface area contributed by atoms with Crippen LogP contribution in [0.15, 0.2) is 30.7 Å². The number of anilines is 2. The molecule has 11 nitrogen and oxygen atoms in total. The maximum absolute atomic E-state index is 13.7. The minimum atomic E-state index is -5.83. The van der Waals surface area contributed by atoms with Crippen LogP contribution < -0.4 is 10.6 Å². The summed E-state index contributed by atoms with van der Waals surface area (Å²) in [5, 5.41) is 28.4. The Bertz CT molecular complexity index is 1800. The molecular weight excluding hydrogens is 648 g/mol. The molecule has 240 valence electrons. The van der Waals surface area contributed by atoms with Crippen molar-refractivity contribution in [2.24, 2.45) is 0 Å². The van der Waals surface area contributed by atoms with E-state index in [1.807, 2.05) is 0 Å². The summed E-state index contributed by atoms with van der Waals surface area (Å²) in [6.45, 7) is 0.222. The predicted molar refractivity (Wildman–Crippen MR) is 140 cm³/mol. The minimum absolute atomic E-state index is 0.0578. The lowest BCUT2D eigenvalue weighted by Gasteiger charge is -2.25. The van der Waals surface area contributed by atoms with Crippen molar-refractivity contribution in [1.82, 2.24) is 29.5 Å². The Labute approximate surface area is 251 Å². The number of aliphatic hydroxyl groups excluding tert-OH is 1. The number of phenolic OH excluding ortho intramolecular Hbond substituents is 1. The predicted octanol–water partition coefficient (Wildman–Crippen LogP) is 4.66. The van der Waals surface area contributed by atoms with E-state index in [2.05, 4.69) is 35.7 Å². The fourth-order valence-corrected chi connectivity index (χ4v) is 4.72. The Hall–Kier alpha value is -4.39. The Balaban J connectivity index is 1.64. The zero-order valence-corrected chi connectivity index (χ0v) is 23.2. The van der Waals surface area contributed by atoms with Crippen LogP contribution in [0.4, 0.5) is 46.8 Å². The number of carbonyl (C=O) groups is 1. The number of phenols is 1. The van der Waals surface area contributed by atoms with Crippen molar-refractivity contribution in [3.05, 3.63) is 52.6 Å². The number of rotatable bonds is 8. The number of nitrogens with zero attached hydrogens (tertiary/aromatic N) is 6. The van der Waals surface area contributed by atoms with Gasteiger partial charge < -0.3 is 20.8 Å². The number of nitrogens with one attached hydrogen (secondary N) is 2. The third-order valence-corrected chi connectivity index (χ3v) is 7.43. The molecule has 0 saturated heterocycles. The number of alkyl halides is 8. The normalized spacial score (nSPS) is 17.8. The highest BCUT2D eigenvalue weighted by atomic mass is 35.5. The number of aromatic nitrogens is 6. The van der Waals surface area contributed by atoms with Gasteiger partial charge in [0.25, 0.3) is 0 Å². The molecule has 20 heteroatoms. The monoisotopic (exact) mass is 666 g/mol. The summed E-state index contributed by atoms with van der Waals surface area (Å²) >= 11 is 5.89. The van der Waals surface area contributed by atoms with Crippen LogP contribution in [0.1, 0.15) is 30.2 Å². The van der Waals surface area contributed by atoms with Crippen LogP contribution in [0.2, 0.25) is 5.02 Å². The lowest BCUT2D eigenvalue weighted by molar-refractivity contribution is -0.284. The summed E-state index contributed by atoms with van der Waals surface area (Å²) in [4.78, 5) is 29.7. The van der Waals surface area contributed by atoms with Gasteiger partial charge in [0, 0.05) is 6.42 Å². The first-order chi connectivity index (χ1) is 20.8. The van der Waals surface area contributed by atoms with Crippen molar-refractivity contribution < 1.29 is 50.1 Å². The van der Waals surface area contributed by atoms with E-state index >= 15 is 0 Å². The second-order valence-electron chi connectivity index (χ2n) is 10.1. The first-order valence-electron chi connectivity index (χ1n) is 12.7. The molecule has 4 aromatic rings. The van der Waals surface area contributed by atoms with Gasteiger partial charge in [-0.1, -0.05) is 17.7 Å². The molecule has 5 rings (SSSR count). The van der Waals surface area contributed by atoms with Gasteiger partial charge in [0.15, 0.2) is 17.6 Å². The number of aliphatic hydroxyl groups is 1. The van der Waals surface area contributed by atoms with Crippen LogP contribution >= 0.6 is 11.6 Å². The molecule has 1 amide bonds. The Morgan fingerprint density at radius 1 is 1.11 bits per heavy atom. The summed E-state index contributed by atoms with van der Waals surface area (Å²) in [6.07, 6.45) is -14.3. The number of benzene rings is 1. The third-order valence-electron chi connectivity index (χ3n) is 7.11. The summed E-state index contributed by atoms with van der Waals surface area (Å²) in [5.74, 6) is -7.28. The zero-order valence-electron chi connectivity index (χ0n) is 22.5. The number of aryl methyl sites for hydroxylation is 1. The highest BCUT2D eigenvalue weighted by Crippen LogP contribution is 2.47. The summed E-state index contributed by atoms with van der Waals surface area (Å²) < 4.78 is 106. The number of hydrogen-bond acceptors (Lipinski definition) is 9. The molecule has 1 aliphatic heterocycles. The number of carbonyl (C=O) groups excluding carboxylic acids is 1. The Morgan fingerprint density at radius 3 is 2.47 bits per heavy atom. The second-order valence-corrected chi connectivity index (χ2v) is 10.5. The van der Waals surface area contributed by atoms with Gasteiger partial charge in [-0.25, -0.2) is 24.5 Å². The van der Waals surface area contributed by atoms with Gasteiger partial charge in [-0.05, 0) is 31.0 Å². The van der Waals surface area contributed by atoms with Crippen LogP contribution in [0, 0.1) is 0 Å². The molecule has 3 aromatic heterocycles. The first-order valence-corrected chi connectivity index (χ1v) is 13.1. The minimum Gasteiger partial charge on any atom is -0.506 e. The molecule has 4 heterocycles. The van der Waals surface area contributed by atoms with E-state index in [0.29, 0.717) is 0 Å². The van der Waals surface area contributed by atoms with Crippen LogP contribution in [0.3, 0.4) is 0 Å². The lowest BCUT2D eigenvalue weighted by atomic mass is 9.77. The van der Waals surface area contributed by atoms with E-state index in [1.165, 1.54) is 19.1 Å². The van der Waals surface area contributed by atoms with Crippen molar-refractivity contribution in [2.45, 2.75) is 49.6 Å². The molecule has 2 atom stereocenters. The lowest BCUT2D eigenvalue weighted by Crippen LogP contribution is -2.36. The highest BCUT2D eigenvalue weighted by Gasteiger charge is 2.56. The van der Waals surface area contributed by atoms with Crippen LogP contribution in [-0.2, 0) is 16.6 Å². The third kappa shape index (κ3) is 5.76. The van der Waals surface area contributed by atoms with Crippen molar-refractivity contribution >= 4 is 34.8 Å². The second kappa shape index (κ2) is 10.9. The molecule has 1 aliphatic rings. The molecule has 4 N–H and O–H groups in total. The standard InChI is InChI=1S/C25H19ClF8N8O3/c1-22(10-2-3-11(26)14(43)6-10)16-18(35-7-15(44)24(29,30)31)39-17(40-19(16)41-21(22)45)13-8-42-20(36-9-37-42)12(38-13)4-5-23(27,28)25(32,33)34/h2-3,6,8-9,15,43-44H,4-5,7H2,1H3,(H2,35,39,40,41,45). The fourth-order valence-electron chi connectivity index (χ4n) is 4.61. The maximum atomic E-state index is 13.7. The number of amides is 1. The number of hydrogen-bond donors (Lipinski definition) is 4. The average molecular weight is 667 g/mol. The maximum Gasteiger partial charge on any atom is 0.453 e. The molecule has 45 heavy (non-hydrogen) atoms. The molecule has 0 radical (unpaired) electrons. The van der Waals surface area contributed by atoms with Gasteiger partial charge in [0.1, 0.15) is 34.8 Å². The summed E-state index contributed by atoms with van der Waals surface area (Å²) in [7, 11) is 0. The van der Waals surface area contributed by atoms with Gasteiger partial charge in [0.05, 0.1) is 29.0 Å². The summed E-state index contributed by atoms with van der Waals surface area (Å²) in [5.41, 5.74) is -2.50. The SMILES string of the molecule is CC1(c2ccc(Cl)c(O)c2)C(=O)Nc2nc(-c3cn4ncnc4c(CCC(F)(F)C(F)(F)F)n3)nc(NCC(O)C(F)(F)F)c21. The smallest absolute Gasteiger partial charge is 0.453 e. The van der Waals surface area contributed by atoms with E-state index in [0.717, 1.165) is 23.1 Å². The van der Waals surface area contributed by atoms with E-state index in [4.69, 9.17) is 11.6 Å². The van der Waals surface area contributed by atoms with Gasteiger partial charge in [-0.3, -0.25) is 4.79 Å². The van der Waals surface area contributed by atoms with Crippen LogP contribution in [0.5, 0.6) is 5.75 Å². The van der Waals surface area contributed by atoms with Gasteiger partial charge in [-0.15, -0.1) is 0 Å². The molecular formula is C25H19ClF8N8O3. The molecule has 0 bridgehead atoms. The van der Waals surface area contributed by atoms with Crippen molar-refractivity contribution in [3.63, 3.8) is 0 Å². The molecule has 1 aromatic carbocycles. The van der Waals surface area contributed by atoms with Crippen molar-refractivity contribution in [2.75, 3.05) is 17.2 Å². The van der Waals surface area contributed by atoms with E-state index in [1.54, 1.807) is 0 Å². The Kier molecular flexibility index (Phi) is 7.75. The first kappa shape index (κ1) is 32.0. The van der Waals surface area contributed by atoms with E-state index in [-0.39, 0.29) is 39.0 Å². The molecule has 0 saturated carbocycles. The molecule has 0 spiro atoms. The van der Waals surface area contributed by atoms with Gasteiger partial charge in [0.2, 0.25) is 5.91 Å². The topological polar surface area (TPSA) is 150 Å². The molecule has 2 unspecified atom stereocenters. The largest absolute Gasteiger partial charge is 0.506 e. The Morgan fingerprint density at radius 2 is 1.82 bits per heavy atom. The van der Waals surface area contributed by atoms with Crippen molar-refractivity contribution in [3.8, 4) is 17.3 Å². The number of halogens is 9. The number of fused-ring (bicyclic) bond motifs is 2. The highest BCUT2D eigenvalue weighted by molar-refractivity contribution is 6.32. The molecule has 0 fully saturated rings. The van der Waals surface area contributed by atoms with E-state index < -0.39 is 72.5 Å². The molecule has 0 aliphatic carbocycles. The van der Waals surface area contributed by atoms with Gasteiger partial charge >= 0.3 is 18.3 Å². The van der Waals surface area contributed by atoms with Crippen LogP contribution in [-0.4, -0.2) is 76.6 Å². The number of aromatic hydroxyl groups is 1. The van der Waals surface area contributed by atoms with Gasteiger partial charge in [-0.2, -0.15) is 40.2 Å².